The van der Waals surface area contributed by atoms with Gasteiger partial charge in [0.05, 0.1) is 5.56 Å². The minimum Gasteiger partial charge on any atom is -0.439 e. The average Bonchev–Trinajstić information content (AvgIpc) is 2.39. The van der Waals surface area contributed by atoms with Crippen LogP contribution in [0, 0.1) is 0 Å². The molecule has 0 saturated heterocycles. The lowest BCUT2D eigenvalue weighted by Crippen LogP contribution is -2.10. The Bertz CT molecular complexity index is 552. The number of rotatable bonds is 4. The SMILES string of the molecule is NCc1cccc(Oc2ccc(C(N)=O)cn2)c1. The summed E-state index contributed by atoms with van der Waals surface area (Å²) >= 11 is 0. The number of carbonyl (C=O) groups excluding carboxylic acids is 1. The molecule has 1 amide bonds. The van der Waals surface area contributed by atoms with Crippen molar-refractivity contribution in [1.82, 2.24) is 4.98 Å². The summed E-state index contributed by atoms with van der Waals surface area (Å²) in [6, 6.07) is 10.6. The van der Waals surface area contributed by atoms with Gasteiger partial charge in [-0.1, -0.05) is 12.1 Å². The van der Waals surface area contributed by atoms with E-state index in [1.54, 1.807) is 12.1 Å². The molecule has 4 N–H and O–H groups in total. The number of aromatic nitrogens is 1. The minimum atomic E-state index is -0.515. The van der Waals surface area contributed by atoms with Gasteiger partial charge in [-0.25, -0.2) is 4.98 Å². The Hall–Kier alpha value is -2.40. The van der Waals surface area contributed by atoms with Gasteiger partial charge in [0.15, 0.2) is 0 Å². The number of nitrogens with two attached hydrogens (primary N) is 2. The monoisotopic (exact) mass is 243 g/mol. The molecule has 5 nitrogen and oxygen atoms in total. The Morgan fingerprint density at radius 2 is 2.11 bits per heavy atom. The van der Waals surface area contributed by atoms with Gasteiger partial charge in [0.1, 0.15) is 5.75 Å². The van der Waals surface area contributed by atoms with Gasteiger partial charge in [-0.05, 0) is 23.8 Å². The van der Waals surface area contributed by atoms with Crippen molar-refractivity contribution >= 4 is 5.91 Å². The van der Waals surface area contributed by atoms with Crippen molar-refractivity contribution in [3.63, 3.8) is 0 Å². The van der Waals surface area contributed by atoms with Crippen molar-refractivity contribution in [3.05, 3.63) is 53.7 Å². The van der Waals surface area contributed by atoms with E-state index in [2.05, 4.69) is 4.98 Å². The zero-order valence-electron chi connectivity index (χ0n) is 9.67. The van der Waals surface area contributed by atoms with Gasteiger partial charge in [0, 0.05) is 18.8 Å². The van der Waals surface area contributed by atoms with Crippen LogP contribution in [-0.4, -0.2) is 10.9 Å². The number of hydrogen-bond donors (Lipinski definition) is 2. The van der Waals surface area contributed by atoms with Gasteiger partial charge in [-0.2, -0.15) is 0 Å². The van der Waals surface area contributed by atoms with Crippen LogP contribution < -0.4 is 16.2 Å². The lowest BCUT2D eigenvalue weighted by Gasteiger charge is -2.06. The summed E-state index contributed by atoms with van der Waals surface area (Å²) in [6.45, 7) is 0.450. The zero-order valence-corrected chi connectivity index (χ0v) is 9.67. The molecule has 0 aliphatic rings. The molecule has 0 atom stereocenters. The predicted molar refractivity (Wildman–Crippen MR) is 67.2 cm³/mol. The van der Waals surface area contributed by atoms with Gasteiger partial charge in [-0.15, -0.1) is 0 Å². The first-order valence-corrected chi connectivity index (χ1v) is 5.42. The van der Waals surface area contributed by atoms with Crippen LogP contribution in [0.2, 0.25) is 0 Å². The molecule has 0 fully saturated rings. The highest BCUT2D eigenvalue weighted by Crippen LogP contribution is 2.20. The Labute approximate surface area is 104 Å². The van der Waals surface area contributed by atoms with E-state index in [0.29, 0.717) is 23.7 Å². The van der Waals surface area contributed by atoms with Crippen molar-refractivity contribution in [3.8, 4) is 11.6 Å². The number of carbonyl (C=O) groups is 1. The van der Waals surface area contributed by atoms with E-state index in [9.17, 15) is 4.79 Å². The van der Waals surface area contributed by atoms with Crippen molar-refractivity contribution in [2.24, 2.45) is 11.5 Å². The van der Waals surface area contributed by atoms with Gasteiger partial charge in [0.25, 0.3) is 0 Å². The van der Waals surface area contributed by atoms with Crippen molar-refractivity contribution < 1.29 is 9.53 Å². The first-order valence-electron chi connectivity index (χ1n) is 5.42. The van der Waals surface area contributed by atoms with E-state index < -0.39 is 5.91 Å². The first-order chi connectivity index (χ1) is 8.69. The molecule has 0 unspecified atom stereocenters. The third-order valence-corrected chi connectivity index (χ3v) is 2.38. The summed E-state index contributed by atoms with van der Waals surface area (Å²) < 4.78 is 5.54. The largest absolute Gasteiger partial charge is 0.439 e. The number of ether oxygens (including phenoxy) is 1. The van der Waals surface area contributed by atoms with E-state index in [1.165, 1.54) is 6.20 Å². The lowest BCUT2D eigenvalue weighted by atomic mass is 10.2. The molecule has 5 heteroatoms. The van der Waals surface area contributed by atoms with Crippen LogP contribution in [0.25, 0.3) is 0 Å². The van der Waals surface area contributed by atoms with Gasteiger partial charge in [0.2, 0.25) is 11.8 Å². The number of nitrogens with zero attached hydrogens (tertiary/aromatic N) is 1. The van der Waals surface area contributed by atoms with E-state index in [4.69, 9.17) is 16.2 Å². The first kappa shape index (κ1) is 12.1. The maximum atomic E-state index is 10.9. The molecule has 2 aromatic rings. The molecule has 1 aromatic carbocycles. The molecule has 0 saturated carbocycles. The van der Waals surface area contributed by atoms with Crippen LogP contribution in [-0.2, 0) is 6.54 Å². The second-order valence-corrected chi connectivity index (χ2v) is 3.70. The highest BCUT2D eigenvalue weighted by molar-refractivity contribution is 5.92. The number of hydrogen-bond acceptors (Lipinski definition) is 4. The fraction of sp³-hybridized carbons (Fsp3) is 0.0769. The van der Waals surface area contributed by atoms with E-state index in [0.717, 1.165) is 5.56 Å². The molecule has 2 rings (SSSR count). The quantitative estimate of drug-likeness (QED) is 0.849. The van der Waals surface area contributed by atoms with Crippen molar-refractivity contribution in [2.75, 3.05) is 0 Å². The Kier molecular flexibility index (Phi) is 3.54. The van der Waals surface area contributed by atoms with Crippen LogP contribution in [0.5, 0.6) is 11.6 Å². The molecular formula is C13H13N3O2. The molecule has 0 aliphatic heterocycles. The normalized spacial score (nSPS) is 10.1. The topological polar surface area (TPSA) is 91.2 Å². The molecule has 0 aliphatic carbocycles. The summed E-state index contributed by atoms with van der Waals surface area (Å²) in [5, 5.41) is 0. The van der Waals surface area contributed by atoms with Crippen LogP contribution >= 0.6 is 0 Å². The van der Waals surface area contributed by atoms with Gasteiger partial charge >= 0.3 is 0 Å². The molecule has 1 heterocycles. The number of amides is 1. The molecule has 0 spiro atoms. The molecule has 0 radical (unpaired) electrons. The van der Waals surface area contributed by atoms with Gasteiger partial charge in [-0.3, -0.25) is 4.79 Å². The van der Waals surface area contributed by atoms with Crippen LogP contribution in [0.1, 0.15) is 15.9 Å². The number of primary amides is 1. The fourth-order valence-corrected chi connectivity index (χ4v) is 1.44. The highest BCUT2D eigenvalue weighted by atomic mass is 16.5. The molecule has 18 heavy (non-hydrogen) atoms. The van der Waals surface area contributed by atoms with Crippen molar-refractivity contribution in [1.29, 1.82) is 0 Å². The van der Waals surface area contributed by atoms with E-state index >= 15 is 0 Å². The Balaban J connectivity index is 2.15. The lowest BCUT2D eigenvalue weighted by molar-refractivity contribution is 0.1000. The number of pyridine rings is 1. The summed E-state index contributed by atoms with van der Waals surface area (Å²) in [6.07, 6.45) is 1.38. The third-order valence-electron chi connectivity index (χ3n) is 2.38. The molecule has 92 valence electrons. The third kappa shape index (κ3) is 2.83. The maximum absolute atomic E-state index is 10.9. The molecular weight excluding hydrogens is 230 g/mol. The van der Waals surface area contributed by atoms with Crippen LogP contribution in [0.3, 0.4) is 0 Å². The smallest absolute Gasteiger partial charge is 0.250 e. The summed E-state index contributed by atoms with van der Waals surface area (Å²) in [5.41, 5.74) is 12.0. The second kappa shape index (κ2) is 5.29. The highest BCUT2D eigenvalue weighted by Gasteiger charge is 2.03. The Morgan fingerprint density at radius 1 is 1.28 bits per heavy atom. The molecule has 0 bridgehead atoms. The van der Waals surface area contributed by atoms with Crippen LogP contribution in [0.4, 0.5) is 0 Å². The zero-order chi connectivity index (χ0) is 13.0. The second-order valence-electron chi connectivity index (χ2n) is 3.70. The molecule has 1 aromatic heterocycles. The maximum Gasteiger partial charge on any atom is 0.250 e. The minimum absolute atomic E-state index is 0.345. The average molecular weight is 243 g/mol. The standard InChI is InChI=1S/C13H13N3O2/c14-7-9-2-1-3-11(6-9)18-12-5-4-10(8-16-12)13(15)17/h1-6,8H,7,14H2,(H2,15,17). The summed E-state index contributed by atoms with van der Waals surface area (Å²) in [7, 11) is 0. The van der Waals surface area contributed by atoms with Crippen LogP contribution in [0.15, 0.2) is 42.6 Å². The summed E-state index contributed by atoms with van der Waals surface area (Å²) in [4.78, 5) is 14.9. The predicted octanol–water partition coefficient (Wildman–Crippen LogP) is 1.43. The van der Waals surface area contributed by atoms with E-state index in [1.807, 2.05) is 24.3 Å². The van der Waals surface area contributed by atoms with Gasteiger partial charge < -0.3 is 16.2 Å². The Morgan fingerprint density at radius 3 is 2.72 bits per heavy atom. The van der Waals surface area contributed by atoms with E-state index in [-0.39, 0.29) is 0 Å². The number of benzene rings is 1. The van der Waals surface area contributed by atoms with Crippen molar-refractivity contribution in [2.45, 2.75) is 6.54 Å². The summed E-state index contributed by atoms with van der Waals surface area (Å²) in [5.74, 6) is 0.533. The fourth-order valence-electron chi connectivity index (χ4n) is 1.44.